The van der Waals surface area contributed by atoms with Crippen molar-refractivity contribution in [2.24, 2.45) is 0 Å². The van der Waals surface area contributed by atoms with Crippen LogP contribution in [0.5, 0.6) is 11.5 Å². The molecule has 2 aromatic rings. The Morgan fingerprint density at radius 1 is 1.28 bits per heavy atom. The summed E-state index contributed by atoms with van der Waals surface area (Å²) in [5, 5.41) is 19.6. The Kier molecular flexibility index (Phi) is 6.68. The minimum atomic E-state index is -0.338. The highest BCUT2D eigenvalue weighted by atomic mass is 79.9. The van der Waals surface area contributed by atoms with Crippen LogP contribution < -0.4 is 9.64 Å². The molecule has 150 valence electrons. The molecule has 2 aromatic carbocycles. The van der Waals surface area contributed by atoms with Crippen molar-refractivity contribution in [1.82, 2.24) is 4.90 Å². The molecule has 1 saturated heterocycles. The fourth-order valence-electron chi connectivity index (χ4n) is 3.15. The fourth-order valence-corrected chi connectivity index (χ4v) is 3.77. The second-order valence-corrected chi connectivity index (χ2v) is 7.60. The molecule has 0 unspecified atom stereocenters. The van der Waals surface area contributed by atoms with Crippen LogP contribution in [0.15, 0.2) is 46.4 Å². The number of benzene rings is 2. The monoisotopic (exact) mass is 475 g/mol. The molecule has 6 nitrogen and oxygen atoms in total. The second kappa shape index (κ2) is 9.21. The Morgan fingerprint density at radius 3 is 2.52 bits per heavy atom. The lowest BCUT2D eigenvalue weighted by molar-refractivity contribution is -0.126. The number of anilines is 1. The number of halogens is 2. The summed E-state index contributed by atoms with van der Waals surface area (Å²) in [4.78, 5) is 16.8. The van der Waals surface area contributed by atoms with Gasteiger partial charge in [0.15, 0.2) is 11.5 Å². The lowest BCUT2D eigenvalue weighted by atomic mass is 10.1. The number of piperazine rings is 1. The number of nitriles is 1. The van der Waals surface area contributed by atoms with Crippen LogP contribution in [0, 0.1) is 11.3 Å². The van der Waals surface area contributed by atoms with Gasteiger partial charge in [0.25, 0.3) is 5.91 Å². The number of phenolic OH excluding ortho intramolecular Hbond substituents is 1. The number of amides is 1. The van der Waals surface area contributed by atoms with E-state index in [4.69, 9.17) is 16.3 Å². The second-order valence-electron chi connectivity index (χ2n) is 6.43. The Balaban J connectivity index is 1.78. The fraction of sp³-hybridized carbons (Fsp3) is 0.238. The molecular formula is C21H19BrClN3O3. The van der Waals surface area contributed by atoms with Gasteiger partial charge in [-0.2, -0.15) is 5.26 Å². The molecule has 29 heavy (non-hydrogen) atoms. The Labute approximate surface area is 182 Å². The van der Waals surface area contributed by atoms with Gasteiger partial charge in [-0.25, -0.2) is 0 Å². The van der Waals surface area contributed by atoms with Gasteiger partial charge in [-0.3, -0.25) is 4.79 Å². The Hall–Kier alpha value is -2.69. The summed E-state index contributed by atoms with van der Waals surface area (Å²) in [5.41, 5.74) is 1.57. The van der Waals surface area contributed by atoms with Crippen LogP contribution in [0.3, 0.4) is 0 Å². The van der Waals surface area contributed by atoms with E-state index in [0.717, 1.165) is 5.69 Å². The Morgan fingerprint density at radius 2 is 1.93 bits per heavy atom. The summed E-state index contributed by atoms with van der Waals surface area (Å²) in [6, 6.07) is 13.5. The van der Waals surface area contributed by atoms with Crippen LogP contribution in [0.2, 0.25) is 5.02 Å². The van der Waals surface area contributed by atoms with Crippen molar-refractivity contribution in [3.8, 4) is 17.6 Å². The number of methoxy groups -OCH3 is 1. The third-order valence-electron chi connectivity index (χ3n) is 4.73. The van der Waals surface area contributed by atoms with Gasteiger partial charge in [-0.05, 0) is 45.8 Å². The maximum Gasteiger partial charge on any atom is 0.264 e. The third-order valence-corrected chi connectivity index (χ3v) is 6.18. The third kappa shape index (κ3) is 4.50. The lowest BCUT2D eigenvalue weighted by Gasteiger charge is -2.36. The summed E-state index contributed by atoms with van der Waals surface area (Å²) in [6.07, 6.45) is 1.45. The largest absolute Gasteiger partial charge is 0.503 e. The maximum atomic E-state index is 12.9. The molecular weight excluding hydrogens is 458 g/mol. The minimum absolute atomic E-state index is 0.0114. The van der Waals surface area contributed by atoms with Crippen molar-refractivity contribution in [2.75, 3.05) is 38.2 Å². The standard InChI is InChI=1S/C21H19BrClN3O3/c1-29-17-12-14(18(22)19(23)20(17)27)11-15(13-24)21(28)26-9-7-25(8-10-26)16-5-3-2-4-6-16/h2-6,11-12,27H,7-10H2,1H3/b15-11-. The molecule has 1 fully saturated rings. The molecule has 1 heterocycles. The van der Waals surface area contributed by atoms with Crippen LogP contribution in [0.25, 0.3) is 6.08 Å². The van der Waals surface area contributed by atoms with Crippen molar-refractivity contribution in [2.45, 2.75) is 0 Å². The van der Waals surface area contributed by atoms with E-state index in [2.05, 4.69) is 20.8 Å². The number of nitrogens with zero attached hydrogens (tertiary/aromatic N) is 3. The van der Waals surface area contributed by atoms with Gasteiger partial charge in [-0.1, -0.05) is 29.8 Å². The number of rotatable bonds is 4. The molecule has 0 radical (unpaired) electrons. The van der Waals surface area contributed by atoms with Crippen molar-refractivity contribution >= 4 is 45.2 Å². The molecule has 0 atom stereocenters. The number of phenols is 1. The molecule has 8 heteroatoms. The minimum Gasteiger partial charge on any atom is -0.503 e. The number of aromatic hydroxyl groups is 1. The van der Waals surface area contributed by atoms with Gasteiger partial charge in [0.1, 0.15) is 16.7 Å². The predicted octanol–water partition coefficient (Wildman–Crippen LogP) is 4.07. The zero-order valence-electron chi connectivity index (χ0n) is 15.7. The average molecular weight is 477 g/mol. The average Bonchev–Trinajstić information content (AvgIpc) is 2.77. The summed E-state index contributed by atoms with van der Waals surface area (Å²) in [5.74, 6) is -0.388. The van der Waals surface area contributed by atoms with Gasteiger partial charge in [0.05, 0.1) is 7.11 Å². The first-order valence-electron chi connectivity index (χ1n) is 8.92. The normalized spacial score (nSPS) is 14.5. The zero-order chi connectivity index (χ0) is 21.0. The zero-order valence-corrected chi connectivity index (χ0v) is 18.1. The van der Waals surface area contributed by atoms with E-state index < -0.39 is 0 Å². The van der Waals surface area contributed by atoms with E-state index in [1.807, 2.05) is 36.4 Å². The van der Waals surface area contributed by atoms with E-state index in [-0.39, 0.29) is 28.0 Å². The summed E-state index contributed by atoms with van der Waals surface area (Å²) >= 11 is 9.40. The number of carbonyl (C=O) groups excluding carboxylic acids is 1. The highest BCUT2D eigenvalue weighted by Crippen LogP contribution is 2.42. The molecule has 0 aliphatic carbocycles. The van der Waals surface area contributed by atoms with E-state index in [1.165, 1.54) is 19.3 Å². The number of ether oxygens (including phenoxy) is 1. The van der Waals surface area contributed by atoms with Crippen LogP contribution >= 0.6 is 27.5 Å². The van der Waals surface area contributed by atoms with Gasteiger partial charge in [0.2, 0.25) is 0 Å². The van der Waals surface area contributed by atoms with E-state index in [9.17, 15) is 15.2 Å². The first-order valence-corrected chi connectivity index (χ1v) is 10.1. The van der Waals surface area contributed by atoms with E-state index >= 15 is 0 Å². The summed E-state index contributed by atoms with van der Waals surface area (Å²) in [7, 11) is 1.40. The van der Waals surface area contributed by atoms with Crippen molar-refractivity contribution < 1.29 is 14.6 Å². The topological polar surface area (TPSA) is 76.8 Å². The van der Waals surface area contributed by atoms with Gasteiger partial charge in [-0.15, -0.1) is 0 Å². The van der Waals surface area contributed by atoms with Crippen molar-refractivity contribution in [3.05, 3.63) is 57.0 Å². The van der Waals surface area contributed by atoms with Crippen molar-refractivity contribution in [3.63, 3.8) is 0 Å². The van der Waals surface area contributed by atoms with Gasteiger partial charge < -0.3 is 19.6 Å². The molecule has 1 aliphatic rings. The first kappa shape index (κ1) is 21.0. The van der Waals surface area contributed by atoms with Gasteiger partial charge >= 0.3 is 0 Å². The van der Waals surface area contributed by atoms with Crippen molar-refractivity contribution in [1.29, 1.82) is 5.26 Å². The van der Waals surface area contributed by atoms with Crippen LogP contribution in [0.1, 0.15) is 5.56 Å². The molecule has 0 bridgehead atoms. The smallest absolute Gasteiger partial charge is 0.264 e. The number of para-hydroxylation sites is 1. The highest BCUT2D eigenvalue weighted by molar-refractivity contribution is 9.10. The van der Waals surface area contributed by atoms with Crippen LogP contribution in [-0.2, 0) is 4.79 Å². The quantitative estimate of drug-likeness (QED) is 0.532. The van der Waals surface area contributed by atoms with E-state index in [1.54, 1.807) is 4.90 Å². The molecule has 3 rings (SSSR count). The van der Waals surface area contributed by atoms with Crippen LogP contribution in [-0.4, -0.2) is 49.2 Å². The lowest BCUT2D eigenvalue weighted by Crippen LogP contribution is -2.49. The number of carbonyl (C=O) groups is 1. The first-order chi connectivity index (χ1) is 14.0. The van der Waals surface area contributed by atoms with Gasteiger partial charge in [0, 0.05) is 36.3 Å². The number of hydrogen-bond acceptors (Lipinski definition) is 5. The SMILES string of the molecule is COc1cc(/C=C(/C#N)C(=O)N2CCN(c3ccccc3)CC2)c(Br)c(Cl)c1O. The summed E-state index contributed by atoms with van der Waals surface area (Å²) in [6.45, 7) is 2.43. The summed E-state index contributed by atoms with van der Waals surface area (Å²) < 4.78 is 5.48. The molecule has 0 saturated carbocycles. The molecule has 1 N–H and O–H groups in total. The predicted molar refractivity (Wildman–Crippen MR) is 116 cm³/mol. The van der Waals surface area contributed by atoms with E-state index in [0.29, 0.717) is 36.2 Å². The Bertz CT molecular complexity index is 981. The molecule has 0 spiro atoms. The maximum absolute atomic E-state index is 12.9. The van der Waals surface area contributed by atoms with Crippen LogP contribution in [0.4, 0.5) is 5.69 Å². The molecule has 1 amide bonds. The highest BCUT2D eigenvalue weighted by Gasteiger charge is 2.24. The number of hydrogen-bond donors (Lipinski definition) is 1. The molecule has 1 aliphatic heterocycles. The molecule has 0 aromatic heterocycles.